The third-order valence-electron chi connectivity index (χ3n) is 12.4. The number of nitrogen functional groups attached to an aromatic ring is 1. The number of halogens is 3. The van der Waals surface area contributed by atoms with E-state index in [4.69, 9.17) is 40.3 Å². The molecule has 8 aromatic rings. The summed E-state index contributed by atoms with van der Waals surface area (Å²) in [6.45, 7) is 6.27. The number of rotatable bonds is 13. The van der Waals surface area contributed by atoms with E-state index in [-0.39, 0.29) is 30.3 Å². The third kappa shape index (κ3) is 11.2. The van der Waals surface area contributed by atoms with Crippen molar-refractivity contribution in [3.8, 4) is 45.5 Å². The topological polar surface area (TPSA) is 222 Å². The number of carbonyl (C=O) groups is 3. The van der Waals surface area contributed by atoms with Crippen LogP contribution in [0.25, 0.3) is 44.6 Å². The molecule has 21 heteroatoms. The highest BCUT2D eigenvalue weighted by molar-refractivity contribution is 6.00. The molecule has 2 atom stereocenters. The van der Waals surface area contributed by atoms with E-state index in [0.29, 0.717) is 83.9 Å². The van der Waals surface area contributed by atoms with Gasteiger partial charge in [0, 0.05) is 50.3 Å². The zero-order valence-electron chi connectivity index (χ0n) is 39.2. The molecule has 2 saturated heterocycles. The van der Waals surface area contributed by atoms with Crippen LogP contribution in [0.4, 0.5) is 24.8 Å². The molecule has 4 aromatic heterocycles. The van der Waals surface area contributed by atoms with Gasteiger partial charge in [0.2, 0.25) is 11.8 Å². The minimum atomic E-state index is -5.08. The molecule has 73 heavy (non-hydrogen) atoms. The molecule has 4 N–H and O–H groups in total. The molecule has 0 spiro atoms. The number of carboxylic acids is 1. The zero-order chi connectivity index (χ0) is 51.1. The number of hydrogen-bond acceptors (Lipinski definition) is 13. The lowest BCUT2D eigenvalue weighted by Gasteiger charge is -2.33. The molecule has 2 aliphatic heterocycles. The lowest BCUT2D eigenvalue weighted by molar-refractivity contribution is -0.192. The van der Waals surface area contributed by atoms with Crippen molar-refractivity contribution >= 4 is 51.5 Å². The maximum Gasteiger partial charge on any atom is 0.490 e. The number of amides is 2. The van der Waals surface area contributed by atoms with Crippen molar-refractivity contribution in [2.45, 2.75) is 50.4 Å². The molecule has 2 aliphatic rings. The first-order valence-electron chi connectivity index (χ1n) is 23.5. The average molecular weight is 995 g/mol. The van der Waals surface area contributed by atoms with Crippen LogP contribution < -0.4 is 20.5 Å². The molecule has 6 heterocycles. The number of ether oxygens (including phenoxy) is 2. The van der Waals surface area contributed by atoms with Crippen molar-refractivity contribution < 1.29 is 42.1 Å². The second-order valence-electron chi connectivity index (χ2n) is 17.2. The second-order valence-corrected chi connectivity index (χ2v) is 17.2. The number of anilines is 2. The van der Waals surface area contributed by atoms with Crippen LogP contribution >= 0.6 is 0 Å². The number of nitrogens with two attached hydrogens (primary N) is 1. The molecule has 0 radical (unpaired) electrons. The van der Waals surface area contributed by atoms with E-state index >= 15 is 0 Å². The summed E-state index contributed by atoms with van der Waals surface area (Å²) in [6.07, 6.45) is 2.73. The van der Waals surface area contributed by atoms with Crippen molar-refractivity contribution in [2.24, 2.45) is 0 Å². The Morgan fingerprint density at radius 3 is 1.67 bits per heavy atom. The molecule has 18 nitrogen and oxygen atoms in total. The molecule has 2 amide bonds. The molecule has 2 fully saturated rings. The molecular weight excluding hydrogens is 946 g/mol. The van der Waals surface area contributed by atoms with Gasteiger partial charge in [-0.1, -0.05) is 43.0 Å². The van der Waals surface area contributed by atoms with Gasteiger partial charge in [-0.05, 0) is 105 Å². The van der Waals surface area contributed by atoms with Gasteiger partial charge in [-0.15, -0.1) is 0 Å². The number of fused-ring (bicyclic) bond motifs is 2. The molecule has 0 unspecified atom stereocenters. The van der Waals surface area contributed by atoms with Crippen molar-refractivity contribution in [2.75, 3.05) is 43.8 Å². The van der Waals surface area contributed by atoms with Crippen molar-refractivity contribution in [3.63, 3.8) is 0 Å². The highest BCUT2D eigenvalue weighted by atomic mass is 19.4. The van der Waals surface area contributed by atoms with Crippen LogP contribution in [0.5, 0.6) is 23.0 Å². The number of carboxylic acid groups (broad SMARTS) is 1. The largest absolute Gasteiger partial charge is 0.490 e. The Balaban J connectivity index is 0.000000875. The van der Waals surface area contributed by atoms with Crippen LogP contribution in [0, 0.1) is 0 Å². The summed E-state index contributed by atoms with van der Waals surface area (Å²) < 4.78 is 47.7. The van der Waals surface area contributed by atoms with Gasteiger partial charge < -0.3 is 35.4 Å². The summed E-state index contributed by atoms with van der Waals surface area (Å²) in [5.41, 5.74) is 10.8. The highest BCUT2D eigenvalue weighted by Gasteiger charge is 2.38. The predicted octanol–water partition coefficient (Wildman–Crippen LogP) is 9.12. The van der Waals surface area contributed by atoms with Crippen LogP contribution in [0.15, 0.2) is 135 Å². The van der Waals surface area contributed by atoms with E-state index < -0.39 is 12.1 Å². The molecule has 10 rings (SSSR count). The fourth-order valence-corrected chi connectivity index (χ4v) is 8.94. The van der Waals surface area contributed by atoms with Gasteiger partial charge in [0.25, 0.3) is 0 Å². The van der Waals surface area contributed by atoms with E-state index in [2.05, 4.69) is 26.8 Å². The minimum Gasteiger partial charge on any atom is -0.475 e. The van der Waals surface area contributed by atoms with E-state index in [1.807, 2.05) is 123 Å². The highest BCUT2D eigenvalue weighted by Crippen LogP contribution is 2.38. The number of benzene rings is 4. The molecule has 0 aliphatic carbocycles. The van der Waals surface area contributed by atoms with Crippen LogP contribution in [-0.2, 0) is 14.4 Å². The van der Waals surface area contributed by atoms with Crippen LogP contribution in [0.1, 0.15) is 44.2 Å². The van der Waals surface area contributed by atoms with Crippen molar-refractivity contribution in [1.82, 2.24) is 49.3 Å². The Morgan fingerprint density at radius 2 is 1.15 bits per heavy atom. The first-order valence-corrected chi connectivity index (χ1v) is 23.5. The first kappa shape index (κ1) is 49.1. The molecule has 374 valence electrons. The van der Waals surface area contributed by atoms with E-state index in [0.717, 1.165) is 53.7 Å². The number of hydrogen-bond donors (Lipinski definition) is 3. The summed E-state index contributed by atoms with van der Waals surface area (Å²) in [4.78, 5) is 57.7. The summed E-state index contributed by atoms with van der Waals surface area (Å²) in [5, 5.41) is 22.2. The molecule has 4 aromatic carbocycles. The summed E-state index contributed by atoms with van der Waals surface area (Å²) in [6, 6.07) is 34.5. The maximum atomic E-state index is 14.0. The maximum absolute atomic E-state index is 14.0. The lowest BCUT2D eigenvalue weighted by Crippen LogP contribution is -2.41. The summed E-state index contributed by atoms with van der Waals surface area (Å²) in [7, 11) is 0. The lowest BCUT2D eigenvalue weighted by atomic mass is 10.1. The van der Waals surface area contributed by atoms with Gasteiger partial charge >= 0.3 is 12.1 Å². The van der Waals surface area contributed by atoms with E-state index in [9.17, 15) is 22.8 Å². The van der Waals surface area contributed by atoms with E-state index in [1.54, 1.807) is 4.90 Å². The van der Waals surface area contributed by atoms with Gasteiger partial charge in [-0.3, -0.25) is 9.59 Å². The fourth-order valence-electron chi connectivity index (χ4n) is 8.94. The minimum absolute atomic E-state index is 0.0106. The average Bonchev–Trinajstić information content (AvgIpc) is 4.01. The van der Waals surface area contributed by atoms with Gasteiger partial charge in [0.1, 0.15) is 58.7 Å². The quantitative estimate of drug-likeness (QED) is 0.0917. The van der Waals surface area contributed by atoms with Gasteiger partial charge in [-0.2, -0.15) is 23.4 Å². The first-order chi connectivity index (χ1) is 35.3. The number of aromatic nitrogens is 8. The number of alkyl halides is 3. The van der Waals surface area contributed by atoms with E-state index in [1.165, 1.54) is 18.7 Å². The molecular formula is C52H49F3N12O6. The Morgan fingerprint density at radius 1 is 0.685 bits per heavy atom. The SMILES string of the molecule is C=CC(=O)N1CCC[C@@H](n2nc(-c3ccc(Oc4ccccc4)cc3)c3c(NCCC(=O)N4CCC[C@@H](n5nc(-c6ccc(Oc7ccccc7)cc6)c6c(N)ncnc65)C4)ncnc32)C1.O=C(O)C(F)(F)F. The van der Waals surface area contributed by atoms with Gasteiger partial charge in [0.05, 0.1) is 22.9 Å². The van der Waals surface area contributed by atoms with Crippen molar-refractivity contribution in [1.29, 1.82) is 0 Å². The van der Waals surface area contributed by atoms with Gasteiger partial charge in [0.15, 0.2) is 11.3 Å². The smallest absolute Gasteiger partial charge is 0.475 e. The number of carbonyl (C=O) groups excluding carboxylic acids is 2. The Hall–Kier alpha value is -8.88. The van der Waals surface area contributed by atoms with Crippen LogP contribution in [0.3, 0.4) is 0 Å². The molecule has 0 bridgehead atoms. The Labute approximate surface area is 415 Å². The molecule has 0 saturated carbocycles. The van der Waals surface area contributed by atoms with Gasteiger partial charge in [-0.25, -0.2) is 34.1 Å². The second kappa shape index (κ2) is 21.6. The Bertz CT molecular complexity index is 3240. The monoisotopic (exact) mass is 994 g/mol. The van der Waals surface area contributed by atoms with Crippen LogP contribution in [-0.4, -0.2) is 111 Å². The van der Waals surface area contributed by atoms with Crippen LogP contribution in [0.2, 0.25) is 0 Å². The summed E-state index contributed by atoms with van der Waals surface area (Å²) in [5.74, 6) is 0.921. The fraction of sp³-hybridized carbons (Fsp3) is 0.250. The third-order valence-corrected chi connectivity index (χ3v) is 12.4. The number of aliphatic carboxylic acids is 1. The predicted molar refractivity (Wildman–Crippen MR) is 266 cm³/mol. The number of piperidine rings is 2. The standard InChI is InChI=1S/C50H48N12O4.C2HF3O2/c1-2-41(63)59-27-9-11-35(29-59)62-50-44(46(58-62)34-19-23-40(24-20-34)66-38-15-7-4-8-16-38)48(54-32-56-50)52-26-25-42(64)60-28-10-12-36(30-60)61-49-43(47(51)53-31-55-49)45(57-61)33-17-21-39(22-18-33)65-37-13-5-3-6-14-37;3-2(4,5)1(6)7/h2-8,13-24,31-32,35-36H,1,9-12,25-30H2,(H2,51,53,55)(H,52,54,56);(H,6,7)/t35-,36-;/m1./s1. The summed E-state index contributed by atoms with van der Waals surface area (Å²) >= 11 is 0. The number of nitrogens with one attached hydrogen (secondary N) is 1. The Kier molecular flexibility index (Phi) is 14.6. The van der Waals surface area contributed by atoms with Crippen molar-refractivity contribution in [3.05, 3.63) is 135 Å². The number of likely N-dealkylation sites (tertiary alicyclic amines) is 2. The zero-order valence-corrected chi connectivity index (χ0v) is 39.2. The number of nitrogens with zero attached hydrogens (tertiary/aromatic N) is 10. The normalized spacial score (nSPS) is 15.8. The number of para-hydroxylation sites is 2.